The summed E-state index contributed by atoms with van der Waals surface area (Å²) in [6.07, 6.45) is 11.5. The maximum absolute atomic E-state index is 3.88. The third kappa shape index (κ3) is 2.75. The van der Waals surface area contributed by atoms with E-state index in [1.807, 2.05) is 0 Å². The average molecular weight is 209 g/mol. The lowest BCUT2D eigenvalue weighted by Gasteiger charge is -2.42. The van der Waals surface area contributed by atoms with Gasteiger partial charge in [0.15, 0.2) is 0 Å². The van der Waals surface area contributed by atoms with Gasteiger partial charge in [0.25, 0.3) is 0 Å². The zero-order valence-corrected chi connectivity index (χ0v) is 10.5. The average Bonchev–Trinajstić information content (AvgIpc) is 2.98. The highest BCUT2D eigenvalue weighted by atomic mass is 14.9. The first-order valence-electron chi connectivity index (χ1n) is 7.03. The van der Waals surface area contributed by atoms with Crippen molar-refractivity contribution in [2.75, 3.05) is 6.54 Å². The Bertz CT molecular complexity index is 186. The van der Waals surface area contributed by atoms with Gasteiger partial charge in [0.05, 0.1) is 0 Å². The highest BCUT2D eigenvalue weighted by Crippen LogP contribution is 2.44. The van der Waals surface area contributed by atoms with E-state index in [4.69, 9.17) is 0 Å². The van der Waals surface area contributed by atoms with Crippen molar-refractivity contribution in [1.82, 2.24) is 5.32 Å². The number of hydrogen-bond donors (Lipinski definition) is 1. The molecule has 0 saturated heterocycles. The lowest BCUT2D eigenvalue weighted by molar-refractivity contribution is 0.116. The minimum absolute atomic E-state index is 0.695. The van der Waals surface area contributed by atoms with Crippen LogP contribution in [-0.4, -0.2) is 12.6 Å². The minimum Gasteiger partial charge on any atom is -0.313 e. The zero-order valence-electron chi connectivity index (χ0n) is 10.5. The van der Waals surface area contributed by atoms with Crippen molar-refractivity contribution in [2.24, 2.45) is 11.3 Å². The fraction of sp³-hybridized carbons (Fsp3) is 1.00. The van der Waals surface area contributed by atoms with E-state index < -0.39 is 0 Å². The third-order valence-electron chi connectivity index (χ3n) is 4.69. The summed E-state index contributed by atoms with van der Waals surface area (Å²) < 4.78 is 0. The second-order valence-electron chi connectivity index (χ2n) is 5.82. The molecular formula is C14H27N. The maximum atomic E-state index is 3.88. The molecule has 1 unspecified atom stereocenters. The van der Waals surface area contributed by atoms with Crippen LogP contribution in [0.5, 0.6) is 0 Å². The first kappa shape index (κ1) is 11.4. The van der Waals surface area contributed by atoms with Gasteiger partial charge in [-0.2, -0.15) is 0 Å². The van der Waals surface area contributed by atoms with Gasteiger partial charge in [-0.05, 0) is 49.9 Å². The second kappa shape index (κ2) is 4.86. The van der Waals surface area contributed by atoms with E-state index in [1.165, 1.54) is 57.9 Å². The van der Waals surface area contributed by atoms with Crippen LogP contribution in [-0.2, 0) is 0 Å². The quantitative estimate of drug-likeness (QED) is 0.673. The number of hydrogen-bond acceptors (Lipinski definition) is 1. The molecule has 0 radical (unpaired) electrons. The van der Waals surface area contributed by atoms with Gasteiger partial charge in [-0.1, -0.05) is 26.7 Å². The molecule has 2 aliphatic carbocycles. The Balaban J connectivity index is 1.74. The van der Waals surface area contributed by atoms with Crippen molar-refractivity contribution in [3.8, 4) is 0 Å². The van der Waals surface area contributed by atoms with Crippen LogP contribution < -0.4 is 5.32 Å². The molecule has 0 spiro atoms. The molecule has 1 N–H and O–H groups in total. The number of rotatable bonds is 7. The minimum atomic E-state index is 0.695. The fourth-order valence-electron chi connectivity index (χ4n) is 2.99. The molecule has 0 bridgehead atoms. The van der Waals surface area contributed by atoms with Gasteiger partial charge in [0.1, 0.15) is 0 Å². The molecule has 0 aromatic heterocycles. The predicted molar refractivity (Wildman–Crippen MR) is 66.0 cm³/mol. The smallest absolute Gasteiger partial charge is 0.00954 e. The molecule has 1 nitrogen and oxygen atoms in total. The van der Waals surface area contributed by atoms with Gasteiger partial charge in [0.2, 0.25) is 0 Å². The SMILES string of the molecule is CCCC(NCC1(CC)CCC1)C1CC1. The summed E-state index contributed by atoms with van der Waals surface area (Å²) in [4.78, 5) is 0. The first-order chi connectivity index (χ1) is 7.29. The van der Waals surface area contributed by atoms with Gasteiger partial charge < -0.3 is 5.32 Å². The molecule has 2 saturated carbocycles. The normalized spacial score (nSPS) is 26.0. The summed E-state index contributed by atoms with van der Waals surface area (Å²) in [5, 5.41) is 3.88. The molecule has 0 aromatic carbocycles. The fourth-order valence-corrected chi connectivity index (χ4v) is 2.99. The Morgan fingerprint density at radius 2 is 2.00 bits per heavy atom. The van der Waals surface area contributed by atoms with Crippen LogP contribution in [0.15, 0.2) is 0 Å². The van der Waals surface area contributed by atoms with Crippen molar-refractivity contribution >= 4 is 0 Å². The molecule has 0 amide bonds. The Hall–Kier alpha value is -0.0400. The van der Waals surface area contributed by atoms with Crippen LogP contribution in [0.2, 0.25) is 0 Å². The van der Waals surface area contributed by atoms with Gasteiger partial charge in [-0.3, -0.25) is 0 Å². The first-order valence-corrected chi connectivity index (χ1v) is 7.03. The highest BCUT2D eigenvalue weighted by Gasteiger charge is 2.37. The summed E-state index contributed by atoms with van der Waals surface area (Å²) in [6, 6.07) is 0.846. The molecule has 0 aliphatic heterocycles. The molecule has 88 valence electrons. The van der Waals surface area contributed by atoms with E-state index in [1.54, 1.807) is 0 Å². The number of nitrogens with one attached hydrogen (secondary N) is 1. The van der Waals surface area contributed by atoms with Gasteiger partial charge in [0, 0.05) is 12.6 Å². The molecule has 2 fully saturated rings. The van der Waals surface area contributed by atoms with Gasteiger partial charge in [-0.25, -0.2) is 0 Å². The van der Waals surface area contributed by atoms with E-state index in [0.717, 1.165) is 12.0 Å². The lowest BCUT2D eigenvalue weighted by atomic mass is 9.67. The topological polar surface area (TPSA) is 12.0 Å². The van der Waals surface area contributed by atoms with E-state index in [9.17, 15) is 0 Å². The third-order valence-corrected chi connectivity index (χ3v) is 4.69. The van der Waals surface area contributed by atoms with Crippen LogP contribution in [0, 0.1) is 11.3 Å². The molecule has 0 aromatic rings. The molecule has 1 heteroatoms. The predicted octanol–water partition coefficient (Wildman–Crippen LogP) is 3.74. The summed E-state index contributed by atoms with van der Waals surface area (Å²) in [7, 11) is 0. The van der Waals surface area contributed by atoms with Crippen molar-refractivity contribution in [3.05, 3.63) is 0 Å². The Labute approximate surface area is 95.0 Å². The van der Waals surface area contributed by atoms with Crippen LogP contribution in [0.4, 0.5) is 0 Å². The van der Waals surface area contributed by atoms with Crippen LogP contribution in [0.25, 0.3) is 0 Å². The van der Waals surface area contributed by atoms with Crippen molar-refractivity contribution in [3.63, 3.8) is 0 Å². The van der Waals surface area contributed by atoms with Crippen molar-refractivity contribution < 1.29 is 0 Å². The second-order valence-corrected chi connectivity index (χ2v) is 5.82. The van der Waals surface area contributed by atoms with Crippen LogP contribution >= 0.6 is 0 Å². The Morgan fingerprint density at radius 3 is 2.40 bits per heavy atom. The maximum Gasteiger partial charge on any atom is 0.00954 e. The van der Waals surface area contributed by atoms with Crippen LogP contribution in [0.3, 0.4) is 0 Å². The Morgan fingerprint density at radius 1 is 1.27 bits per heavy atom. The Kier molecular flexibility index (Phi) is 3.71. The molecule has 2 rings (SSSR count). The lowest BCUT2D eigenvalue weighted by Crippen LogP contribution is -2.44. The van der Waals surface area contributed by atoms with E-state index >= 15 is 0 Å². The molecule has 0 heterocycles. The van der Waals surface area contributed by atoms with Crippen molar-refractivity contribution in [1.29, 1.82) is 0 Å². The molecule has 15 heavy (non-hydrogen) atoms. The zero-order chi connectivity index (χ0) is 10.7. The monoisotopic (exact) mass is 209 g/mol. The van der Waals surface area contributed by atoms with Crippen LogP contribution in [0.1, 0.15) is 65.2 Å². The molecule has 1 atom stereocenters. The highest BCUT2D eigenvalue weighted by molar-refractivity contribution is 4.92. The summed E-state index contributed by atoms with van der Waals surface area (Å²) in [5.41, 5.74) is 0.695. The van der Waals surface area contributed by atoms with E-state index in [2.05, 4.69) is 19.2 Å². The summed E-state index contributed by atoms with van der Waals surface area (Å²) >= 11 is 0. The summed E-state index contributed by atoms with van der Waals surface area (Å²) in [6.45, 7) is 5.98. The molecule has 2 aliphatic rings. The standard InChI is InChI=1S/C14H27N/c1-3-6-13(12-7-8-12)15-11-14(4-2)9-5-10-14/h12-13,15H,3-11H2,1-2H3. The van der Waals surface area contributed by atoms with E-state index in [0.29, 0.717) is 5.41 Å². The van der Waals surface area contributed by atoms with Gasteiger partial charge in [-0.15, -0.1) is 0 Å². The summed E-state index contributed by atoms with van der Waals surface area (Å²) in [5.74, 6) is 1.03. The largest absolute Gasteiger partial charge is 0.313 e. The van der Waals surface area contributed by atoms with Crippen molar-refractivity contribution in [2.45, 2.75) is 71.3 Å². The molecular weight excluding hydrogens is 182 g/mol. The van der Waals surface area contributed by atoms with Gasteiger partial charge >= 0.3 is 0 Å². The van der Waals surface area contributed by atoms with E-state index in [-0.39, 0.29) is 0 Å².